The van der Waals surface area contributed by atoms with E-state index >= 15 is 0 Å². The molecular formula is C24H35N5O2. The van der Waals surface area contributed by atoms with Gasteiger partial charge in [0.2, 0.25) is 0 Å². The number of aliphatic imine (C=N–C) groups is 1. The average Bonchev–Trinajstić information content (AvgIpc) is 2.76. The van der Waals surface area contributed by atoms with Gasteiger partial charge in [0, 0.05) is 25.2 Å². The van der Waals surface area contributed by atoms with Crippen LogP contribution < -0.4 is 20.7 Å². The Balaban J connectivity index is 1.84. The van der Waals surface area contributed by atoms with Crippen LogP contribution in [0.4, 0.5) is 0 Å². The summed E-state index contributed by atoms with van der Waals surface area (Å²) < 4.78 is 5.75. The number of nitrogens with one attached hydrogen (secondary N) is 3. The molecule has 0 radical (unpaired) electrons. The fourth-order valence-electron chi connectivity index (χ4n) is 2.79. The standard InChI is InChI=1S/C24H35N5O2/c1-5-25-24(27-14-16-31-22-11-9-19(2)10-12-22)28-18-20-7-6-8-21(17-20)23(30)26-13-15-29(3)4/h6-12,17H,5,13-16,18H2,1-4H3,(H,26,30)(H2,25,27,28). The molecule has 0 saturated heterocycles. The smallest absolute Gasteiger partial charge is 0.251 e. The average molecular weight is 426 g/mol. The first kappa shape index (κ1) is 24.2. The van der Waals surface area contributed by atoms with Gasteiger partial charge in [0.15, 0.2) is 5.96 Å². The van der Waals surface area contributed by atoms with Crippen LogP contribution in [-0.2, 0) is 6.54 Å². The van der Waals surface area contributed by atoms with Crippen molar-refractivity contribution in [3.8, 4) is 5.75 Å². The molecular weight excluding hydrogens is 390 g/mol. The zero-order valence-electron chi connectivity index (χ0n) is 19.1. The number of likely N-dealkylation sites (N-methyl/N-ethyl adjacent to an activating group) is 1. The Morgan fingerprint density at radius 3 is 2.52 bits per heavy atom. The largest absolute Gasteiger partial charge is 0.492 e. The molecule has 31 heavy (non-hydrogen) atoms. The number of carbonyl (C=O) groups is 1. The molecule has 0 saturated carbocycles. The quantitative estimate of drug-likeness (QED) is 0.293. The van der Waals surface area contributed by atoms with Crippen LogP contribution in [0.5, 0.6) is 5.75 Å². The van der Waals surface area contributed by atoms with Crippen molar-refractivity contribution in [2.75, 3.05) is 46.9 Å². The maximum atomic E-state index is 12.3. The van der Waals surface area contributed by atoms with E-state index in [2.05, 4.69) is 27.9 Å². The van der Waals surface area contributed by atoms with Crippen molar-refractivity contribution < 1.29 is 9.53 Å². The van der Waals surface area contributed by atoms with Gasteiger partial charge in [0.25, 0.3) is 5.91 Å². The molecule has 0 aliphatic heterocycles. The summed E-state index contributed by atoms with van der Waals surface area (Å²) in [5.41, 5.74) is 2.84. The Morgan fingerprint density at radius 1 is 1.03 bits per heavy atom. The molecule has 0 unspecified atom stereocenters. The van der Waals surface area contributed by atoms with Crippen LogP contribution in [0.1, 0.15) is 28.4 Å². The van der Waals surface area contributed by atoms with Crippen LogP contribution in [0, 0.1) is 6.92 Å². The van der Waals surface area contributed by atoms with Crippen molar-refractivity contribution in [1.29, 1.82) is 0 Å². The number of rotatable bonds is 11. The van der Waals surface area contributed by atoms with E-state index in [0.29, 0.717) is 31.8 Å². The van der Waals surface area contributed by atoms with Crippen molar-refractivity contribution >= 4 is 11.9 Å². The molecule has 168 valence electrons. The summed E-state index contributed by atoms with van der Waals surface area (Å²) in [5.74, 6) is 1.51. The van der Waals surface area contributed by atoms with E-state index < -0.39 is 0 Å². The van der Waals surface area contributed by atoms with Crippen LogP contribution in [0.3, 0.4) is 0 Å². The first-order valence-corrected chi connectivity index (χ1v) is 10.7. The maximum Gasteiger partial charge on any atom is 0.251 e. The molecule has 0 heterocycles. The monoisotopic (exact) mass is 425 g/mol. The Labute approximate surface area is 185 Å². The number of guanidine groups is 1. The molecule has 1 amide bonds. The highest BCUT2D eigenvalue weighted by Crippen LogP contribution is 2.11. The van der Waals surface area contributed by atoms with Gasteiger partial charge in [-0.1, -0.05) is 29.8 Å². The second-order valence-electron chi connectivity index (χ2n) is 7.54. The van der Waals surface area contributed by atoms with E-state index in [0.717, 1.165) is 30.4 Å². The fourth-order valence-corrected chi connectivity index (χ4v) is 2.79. The SMILES string of the molecule is CCNC(=NCc1cccc(C(=O)NCCN(C)C)c1)NCCOc1ccc(C)cc1. The molecule has 0 spiro atoms. The van der Waals surface area contributed by atoms with Crippen molar-refractivity contribution in [3.63, 3.8) is 0 Å². The van der Waals surface area contributed by atoms with E-state index in [1.807, 2.05) is 74.4 Å². The lowest BCUT2D eigenvalue weighted by Gasteiger charge is -2.13. The maximum absolute atomic E-state index is 12.3. The summed E-state index contributed by atoms with van der Waals surface area (Å²) in [6.07, 6.45) is 0. The molecule has 7 nitrogen and oxygen atoms in total. The van der Waals surface area contributed by atoms with Crippen LogP contribution in [0.25, 0.3) is 0 Å². The number of nitrogens with zero attached hydrogens (tertiary/aromatic N) is 2. The predicted molar refractivity (Wildman–Crippen MR) is 127 cm³/mol. The molecule has 0 aliphatic rings. The second kappa shape index (κ2) is 13.3. The van der Waals surface area contributed by atoms with E-state index in [-0.39, 0.29) is 5.91 Å². The Morgan fingerprint density at radius 2 is 1.81 bits per heavy atom. The van der Waals surface area contributed by atoms with Gasteiger partial charge in [-0.05, 0) is 57.8 Å². The van der Waals surface area contributed by atoms with Gasteiger partial charge < -0.3 is 25.6 Å². The zero-order valence-corrected chi connectivity index (χ0v) is 19.1. The van der Waals surface area contributed by atoms with Gasteiger partial charge in [-0.25, -0.2) is 4.99 Å². The lowest BCUT2D eigenvalue weighted by molar-refractivity contribution is 0.0951. The molecule has 0 aromatic heterocycles. The second-order valence-corrected chi connectivity index (χ2v) is 7.54. The van der Waals surface area contributed by atoms with Crippen molar-refractivity contribution in [3.05, 3.63) is 65.2 Å². The molecule has 2 aromatic carbocycles. The fraction of sp³-hybridized carbons (Fsp3) is 0.417. The van der Waals surface area contributed by atoms with Gasteiger partial charge in [-0.3, -0.25) is 4.79 Å². The minimum Gasteiger partial charge on any atom is -0.492 e. The third-order valence-corrected chi connectivity index (χ3v) is 4.48. The number of benzene rings is 2. The van der Waals surface area contributed by atoms with Crippen LogP contribution in [0.15, 0.2) is 53.5 Å². The first-order valence-electron chi connectivity index (χ1n) is 10.7. The van der Waals surface area contributed by atoms with E-state index in [1.165, 1.54) is 5.56 Å². The highest BCUT2D eigenvalue weighted by atomic mass is 16.5. The Bertz CT molecular complexity index is 834. The van der Waals surface area contributed by atoms with Crippen LogP contribution >= 0.6 is 0 Å². The Kier molecular flexibility index (Phi) is 10.4. The molecule has 7 heteroatoms. The number of hydrogen-bond acceptors (Lipinski definition) is 4. The first-order chi connectivity index (χ1) is 15.0. The normalized spacial score (nSPS) is 11.3. The minimum absolute atomic E-state index is 0.0639. The number of ether oxygens (including phenoxy) is 1. The van der Waals surface area contributed by atoms with Gasteiger partial charge in [-0.2, -0.15) is 0 Å². The molecule has 0 atom stereocenters. The number of aryl methyl sites for hydroxylation is 1. The van der Waals surface area contributed by atoms with Crippen molar-refractivity contribution in [2.24, 2.45) is 4.99 Å². The summed E-state index contributed by atoms with van der Waals surface area (Å²) in [6, 6.07) is 15.6. The highest BCUT2D eigenvalue weighted by Gasteiger charge is 2.06. The number of amides is 1. The van der Waals surface area contributed by atoms with E-state index in [1.54, 1.807) is 0 Å². The van der Waals surface area contributed by atoms with Crippen molar-refractivity contribution in [1.82, 2.24) is 20.9 Å². The summed E-state index contributed by atoms with van der Waals surface area (Å²) in [5, 5.41) is 9.45. The molecule has 0 aliphatic carbocycles. The van der Waals surface area contributed by atoms with Gasteiger partial charge in [0.05, 0.1) is 13.1 Å². The highest BCUT2D eigenvalue weighted by molar-refractivity contribution is 5.94. The summed E-state index contributed by atoms with van der Waals surface area (Å²) >= 11 is 0. The minimum atomic E-state index is -0.0639. The lowest BCUT2D eigenvalue weighted by atomic mass is 10.1. The third-order valence-electron chi connectivity index (χ3n) is 4.48. The van der Waals surface area contributed by atoms with Gasteiger partial charge >= 0.3 is 0 Å². The molecule has 3 N–H and O–H groups in total. The summed E-state index contributed by atoms with van der Waals surface area (Å²) in [7, 11) is 3.96. The predicted octanol–water partition coefficient (Wildman–Crippen LogP) is 2.42. The van der Waals surface area contributed by atoms with Crippen LogP contribution in [0.2, 0.25) is 0 Å². The topological polar surface area (TPSA) is 78.0 Å². The third kappa shape index (κ3) is 9.53. The van der Waals surface area contributed by atoms with Gasteiger partial charge in [0.1, 0.15) is 12.4 Å². The molecule has 0 fully saturated rings. The number of carbonyl (C=O) groups excluding carboxylic acids is 1. The van der Waals surface area contributed by atoms with E-state index in [9.17, 15) is 4.79 Å². The van der Waals surface area contributed by atoms with Gasteiger partial charge in [-0.15, -0.1) is 0 Å². The molecule has 2 aromatic rings. The van der Waals surface area contributed by atoms with Crippen LogP contribution in [-0.4, -0.2) is 63.6 Å². The molecule has 0 bridgehead atoms. The lowest BCUT2D eigenvalue weighted by Crippen LogP contribution is -2.39. The summed E-state index contributed by atoms with van der Waals surface area (Å²) in [6.45, 7) is 7.92. The Hall–Kier alpha value is -3.06. The zero-order chi connectivity index (χ0) is 22.5. The van der Waals surface area contributed by atoms with Crippen molar-refractivity contribution in [2.45, 2.75) is 20.4 Å². The van der Waals surface area contributed by atoms with E-state index in [4.69, 9.17) is 4.74 Å². The number of hydrogen-bond donors (Lipinski definition) is 3. The molecule has 2 rings (SSSR count). The summed E-state index contributed by atoms with van der Waals surface area (Å²) in [4.78, 5) is 19.0.